The molecule has 1 saturated heterocycles. The summed E-state index contributed by atoms with van der Waals surface area (Å²) in [6.45, 7) is 14.7. The van der Waals surface area contributed by atoms with Crippen LogP contribution in [0.4, 0.5) is 0 Å². The second kappa shape index (κ2) is 8.19. The number of nitrogens with zero attached hydrogens (tertiary/aromatic N) is 1. The van der Waals surface area contributed by atoms with E-state index in [9.17, 15) is 0 Å². The lowest BCUT2D eigenvalue weighted by atomic mass is 9.84. The summed E-state index contributed by atoms with van der Waals surface area (Å²) in [4.78, 5) is 2.74. The van der Waals surface area contributed by atoms with E-state index in [4.69, 9.17) is 0 Å². The van der Waals surface area contributed by atoms with Gasteiger partial charge in [0.25, 0.3) is 0 Å². The highest BCUT2D eigenvalue weighted by Gasteiger charge is 2.21. The Hall–Kier alpha value is -0.0400. The van der Waals surface area contributed by atoms with E-state index in [1.165, 1.54) is 51.6 Å². The van der Waals surface area contributed by atoms with E-state index < -0.39 is 0 Å². The van der Waals surface area contributed by atoms with Gasteiger partial charge < -0.3 is 4.90 Å². The van der Waals surface area contributed by atoms with E-state index in [1.807, 2.05) is 0 Å². The Bertz CT molecular complexity index is 204. The minimum atomic E-state index is 0.785. The summed E-state index contributed by atoms with van der Waals surface area (Å²) in [6, 6.07) is 0.785. The highest BCUT2D eigenvalue weighted by atomic mass is 15.1. The first kappa shape index (κ1) is 16.0. The average molecular weight is 253 g/mol. The third-order valence-electron chi connectivity index (χ3n) is 4.79. The molecule has 0 amide bonds. The molecule has 0 saturated carbocycles. The van der Waals surface area contributed by atoms with E-state index in [0.717, 1.165) is 23.8 Å². The fourth-order valence-electron chi connectivity index (χ4n) is 3.43. The number of rotatable bonds is 6. The first-order valence-corrected chi connectivity index (χ1v) is 8.24. The molecule has 0 aromatic heterocycles. The van der Waals surface area contributed by atoms with E-state index in [0.29, 0.717) is 0 Å². The molecule has 1 fully saturated rings. The largest absolute Gasteiger partial charge is 0.301 e. The topological polar surface area (TPSA) is 3.24 Å². The molecule has 1 heterocycles. The van der Waals surface area contributed by atoms with Gasteiger partial charge in [-0.3, -0.25) is 0 Å². The van der Waals surface area contributed by atoms with Gasteiger partial charge in [-0.05, 0) is 63.5 Å². The average Bonchev–Trinajstić information content (AvgIpc) is 2.56. The molecule has 0 bridgehead atoms. The van der Waals surface area contributed by atoms with Crippen molar-refractivity contribution in [2.24, 2.45) is 17.8 Å². The molecule has 1 aliphatic heterocycles. The van der Waals surface area contributed by atoms with Crippen molar-refractivity contribution in [3.05, 3.63) is 0 Å². The quantitative estimate of drug-likeness (QED) is 0.647. The van der Waals surface area contributed by atoms with Crippen LogP contribution in [0, 0.1) is 17.8 Å². The van der Waals surface area contributed by atoms with Crippen LogP contribution >= 0.6 is 0 Å². The first-order chi connectivity index (χ1) is 8.50. The molecule has 1 rings (SSSR count). The summed E-state index contributed by atoms with van der Waals surface area (Å²) < 4.78 is 0. The normalized spacial score (nSPS) is 23.7. The molecular weight excluding hydrogens is 218 g/mol. The second-order valence-electron chi connectivity index (χ2n) is 7.12. The highest BCUT2D eigenvalue weighted by Crippen LogP contribution is 2.26. The molecule has 108 valence electrons. The molecule has 0 aliphatic carbocycles. The smallest absolute Gasteiger partial charge is 0.00695 e. The molecule has 0 radical (unpaired) electrons. The summed E-state index contributed by atoms with van der Waals surface area (Å²) in [5, 5.41) is 0. The Balaban J connectivity index is 2.34. The lowest BCUT2D eigenvalue weighted by Gasteiger charge is -2.32. The predicted molar refractivity (Wildman–Crippen MR) is 81.9 cm³/mol. The lowest BCUT2D eigenvalue weighted by Crippen LogP contribution is -2.35. The summed E-state index contributed by atoms with van der Waals surface area (Å²) >= 11 is 0. The second-order valence-corrected chi connectivity index (χ2v) is 7.12. The summed E-state index contributed by atoms with van der Waals surface area (Å²) in [5.41, 5.74) is 0. The molecule has 0 aromatic rings. The number of hydrogen-bond acceptors (Lipinski definition) is 1. The van der Waals surface area contributed by atoms with Crippen LogP contribution in [0.2, 0.25) is 0 Å². The van der Waals surface area contributed by atoms with E-state index in [-0.39, 0.29) is 0 Å². The molecule has 1 nitrogen and oxygen atoms in total. The van der Waals surface area contributed by atoms with Crippen LogP contribution in [0.25, 0.3) is 0 Å². The third kappa shape index (κ3) is 5.73. The van der Waals surface area contributed by atoms with Gasteiger partial charge in [-0.1, -0.05) is 40.5 Å². The minimum Gasteiger partial charge on any atom is -0.301 e. The van der Waals surface area contributed by atoms with Gasteiger partial charge in [0.15, 0.2) is 0 Å². The monoisotopic (exact) mass is 253 g/mol. The zero-order valence-corrected chi connectivity index (χ0v) is 13.4. The van der Waals surface area contributed by atoms with Crippen molar-refractivity contribution in [1.82, 2.24) is 4.90 Å². The van der Waals surface area contributed by atoms with Gasteiger partial charge in [0.2, 0.25) is 0 Å². The molecule has 0 aromatic carbocycles. The van der Waals surface area contributed by atoms with Crippen LogP contribution in [0.3, 0.4) is 0 Å². The standard InChI is InChI=1S/C17H35N/c1-14(2)12-15(3)16(4)13-17(5)18-10-8-6-7-9-11-18/h14-17H,6-13H2,1-5H3. The van der Waals surface area contributed by atoms with Crippen molar-refractivity contribution in [3.63, 3.8) is 0 Å². The maximum Gasteiger partial charge on any atom is 0.00695 e. The Morgan fingerprint density at radius 2 is 1.22 bits per heavy atom. The van der Waals surface area contributed by atoms with Gasteiger partial charge in [0.05, 0.1) is 0 Å². The molecule has 1 heteroatoms. The Morgan fingerprint density at radius 1 is 0.722 bits per heavy atom. The van der Waals surface area contributed by atoms with Crippen molar-refractivity contribution < 1.29 is 0 Å². The van der Waals surface area contributed by atoms with Crippen LogP contribution in [-0.4, -0.2) is 24.0 Å². The lowest BCUT2D eigenvalue weighted by molar-refractivity contribution is 0.169. The number of hydrogen-bond donors (Lipinski definition) is 0. The van der Waals surface area contributed by atoms with E-state index >= 15 is 0 Å². The van der Waals surface area contributed by atoms with Crippen molar-refractivity contribution in [3.8, 4) is 0 Å². The summed E-state index contributed by atoms with van der Waals surface area (Å²) in [7, 11) is 0. The maximum absolute atomic E-state index is 2.74. The van der Waals surface area contributed by atoms with E-state index in [1.54, 1.807) is 0 Å². The Kier molecular flexibility index (Phi) is 7.29. The van der Waals surface area contributed by atoms with Crippen LogP contribution in [0.5, 0.6) is 0 Å². The predicted octanol–water partition coefficient (Wildman–Crippen LogP) is 4.96. The Labute approximate surface area is 115 Å². The Morgan fingerprint density at radius 3 is 1.72 bits per heavy atom. The zero-order valence-electron chi connectivity index (χ0n) is 13.4. The highest BCUT2D eigenvalue weighted by molar-refractivity contribution is 4.75. The van der Waals surface area contributed by atoms with Gasteiger partial charge in [-0.15, -0.1) is 0 Å². The van der Waals surface area contributed by atoms with Gasteiger partial charge in [0.1, 0.15) is 0 Å². The zero-order chi connectivity index (χ0) is 13.5. The van der Waals surface area contributed by atoms with Crippen LogP contribution in [-0.2, 0) is 0 Å². The fraction of sp³-hybridized carbons (Fsp3) is 1.00. The van der Waals surface area contributed by atoms with Crippen molar-refractivity contribution in [2.75, 3.05) is 13.1 Å². The molecule has 1 aliphatic rings. The van der Waals surface area contributed by atoms with Crippen LogP contribution in [0.1, 0.15) is 73.1 Å². The SMILES string of the molecule is CC(C)CC(C)C(C)CC(C)N1CCCCCC1. The fourth-order valence-corrected chi connectivity index (χ4v) is 3.43. The molecule has 18 heavy (non-hydrogen) atoms. The van der Waals surface area contributed by atoms with Crippen molar-refractivity contribution in [2.45, 2.75) is 79.2 Å². The number of likely N-dealkylation sites (tertiary alicyclic amines) is 1. The minimum absolute atomic E-state index is 0.785. The van der Waals surface area contributed by atoms with Crippen molar-refractivity contribution in [1.29, 1.82) is 0 Å². The van der Waals surface area contributed by atoms with Crippen LogP contribution < -0.4 is 0 Å². The molecular formula is C17H35N. The summed E-state index contributed by atoms with van der Waals surface area (Å²) in [5.74, 6) is 2.58. The van der Waals surface area contributed by atoms with Gasteiger partial charge in [-0.2, -0.15) is 0 Å². The first-order valence-electron chi connectivity index (χ1n) is 8.24. The van der Waals surface area contributed by atoms with Gasteiger partial charge >= 0.3 is 0 Å². The van der Waals surface area contributed by atoms with Gasteiger partial charge in [-0.25, -0.2) is 0 Å². The molecule has 0 N–H and O–H groups in total. The van der Waals surface area contributed by atoms with E-state index in [2.05, 4.69) is 39.5 Å². The van der Waals surface area contributed by atoms with Crippen LogP contribution in [0.15, 0.2) is 0 Å². The van der Waals surface area contributed by atoms with Crippen molar-refractivity contribution >= 4 is 0 Å². The molecule has 3 atom stereocenters. The molecule has 3 unspecified atom stereocenters. The molecule has 0 spiro atoms. The summed E-state index contributed by atoms with van der Waals surface area (Å²) in [6.07, 6.45) is 8.49. The third-order valence-corrected chi connectivity index (χ3v) is 4.79. The maximum atomic E-state index is 2.74. The van der Waals surface area contributed by atoms with Gasteiger partial charge in [0, 0.05) is 6.04 Å².